The molecule has 4 N–H and O–H groups in total. The van der Waals surface area contributed by atoms with E-state index in [1.807, 2.05) is 36.8 Å². The first-order valence-electron chi connectivity index (χ1n) is 20.6. The molecule has 14 heteroatoms. The molecular formula is C45H54N8O6. The molecule has 14 nitrogen and oxygen atoms in total. The normalized spacial score (nSPS) is 20.9. The van der Waals surface area contributed by atoms with Crippen LogP contribution in [0.1, 0.15) is 89.6 Å². The Labute approximate surface area is 344 Å². The highest BCUT2D eigenvalue weighted by Crippen LogP contribution is 2.44. The standard InChI is InChI=1S/C45H54N8O6/c1-9-33(50-45(56)58-8)43(54)52-21-24(4)16-37(52)41-46-20-35(49-41)28-11-13-30-29(17-28)22-59-38-19-31-27(18-32(30)38)12-14-34-40(31)51-42(48-34)36-15-10-25(5)53(36)44(55)39(23(2)3)47-26(6)57-7/h11-14,17-20,23-25,33,36-37,39,47H,6,9-10,15-16,21-22H2,1-5,7-8H3,(H,46,49)(H,48,51)(H,50,56)/t24-,25-,33?,36-,37-,39-/m0/s1. The Hall–Kier alpha value is -6.05. The van der Waals surface area contributed by atoms with E-state index in [-0.39, 0.29) is 41.8 Å². The number of nitrogens with zero attached hydrogens (tertiary/aromatic N) is 4. The highest BCUT2D eigenvalue weighted by atomic mass is 16.5. The molecule has 59 heavy (non-hydrogen) atoms. The second-order valence-electron chi connectivity index (χ2n) is 16.6. The third-order valence-corrected chi connectivity index (χ3v) is 12.3. The van der Waals surface area contributed by atoms with Crippen molar-refractivity contribution in [3.8, 4) is 28.1 Å². The lowest BCUT2D eigenvalue weighted by molar-refractivity contribution is -0.137. The molecule has 3 amide bonds. The van der Waals surface area contributed by atoms with Gasteiger partial charge in [-0.2, -0.15) is 0 Å². The maximum atomic E-state index is 14.1. The van der Waals surface area contributed by atoms with Crippen molar-refractivity contribution >= 4 is 39.7 Å². The maximum absolute atomic E-state index is 14.1. The number of likely N-dealkylation sites (tertiary alicyclic amines) is 2. The zero-order chi connectivity index (χ0) is 41.7. The lowest BCUT2D eigenvalue weighted by Crippen LogP contribution is -2.50. The van der Waals surface area contributed by atoms with E-state index in [1.165, 1.54) is 7.11 Å². The van der Waals surface area contributed by atoms with Crippen molar-refractivity contribution in [3.63, 3.8) is 0 Å². The third kappa shape index (κ3) is 7.33. The van der Waals surface area contributed by atoms with Crippen LogP contribution in [0.5, 0.6) is 5.75 Å². The van der Waals surface area contributed by atoms with E-state index in [1.54, 1.807) is 7.11 Å². The first-order chi connectivity index (χ1) is 28.4. The van der Waals surface area contributed by atoms with Crippen molar-refractivity contribution < 1.29 is 28.6 Å². The number of hydrogen-bond donors (Lipinski definition) is 4. The number of hydrogen-bond acceptors (Lipinski definition) is 9. The number of rotatable bonds is 11. The van der Waals surface area contributed by atoms with Crippen molar-refractivity contribution in [2.24, 2.45) is 11.8 Å². The zero-order valence-electron chi connectivity index (χ0n) is 34.8. The Morgan fingerprint density at radius 2 is 1.78 bits per heavy atom. The number of H-pyrrole nitrogens is 2. The van der Waals surface area contributed by atoms with Crippen molar-refractivity contribution in [2.45, 2.75) is 97.1 Å². The fourth-order valence-electron chi connectivity index (χ4n) is 9.10. The second kappa shape index (κ2) is 16.0. The summed E-state index contributed by atoms with van der Waals surface area (Å²) < 4.78 is 16.5. The minimum absolute atomic E-state index is 0.00861. The number of amides is 3. The molecule has 3 aromatic carbocycles. The van der Waals surface area contributed by atoms with Crippen molar-refractivity contribution in [1.29, 1.82) is 0 Å². The molecule has 0 radical (unpaired) electrons. The summed E-state index contributed by atoms with van der Waals surface area (Å²) >= 11 is 0. The molecule has 0 aliphatic carbocycles. The second-order valence-corrected chi connectivity index (χ2v) is 16.6. The SMILES string of the molecule is C=C(N[C@H](C(=O)N1[C@@H](C)CC[C@H]1c1nc2c(ccc3cc4c(cc32)OCc2cc(-c3cnc([C@@H]5C[C@H](C)CN5C(=O)C(CC)NC(=O)OC)[nH]3)ccc2-4)[nH]1)C(C)C)OC. The van der Waals surface area contributed by atoms with Gasteiger partial charge < -0.3 is 44.6 Å². The predicted molar refractivity (Wildman–Crippen MR) is 225 cm³/mol. The van der Waals surface area contributed by atoms with E-state index in [0.29, 0.717) is 25.5 Å². The fraction of sp³-hybridized carbons (Fsp3) is 0.444. The van der Waals surface area contributed by atoms with E-state index in [0.717, 1.165) is 86.4 Å². The van der Waals surface area contributed by atoms with Gasteiger partial charge in [0.05, 0.1) is 49.2 Å². The smallest absolute Gasteiger partial charge is 0.407 e. The van der Waals surface area contributed by atoms with Gasteiger partial charge in [-0.3, -0.25) is 9.59 Å². The predicted octanol–water partition coefficient (Wildman–Crippen LogP) is 7.49. The molecule has 1 unspecified atom stereocenters. The van der Waals surface area contributed by atoms with Crippen LogP contribution in [0.3, 0.4) is 0 Å². The molecule has 0 bridgehead atoms. The van der Waals surface area contributed by atoms with E-state index >= 15 is 0 Å². The molecule has 3 aliphatic rings. The van der Waals surface area contributed by atoms with Gasteiger partial charge in [-0.05, 0) is 97.4 Å². The van der Waals surface area contributed by atoms with Crippen LogP contribution in [-0.2, 0) is 25.7 Å². The summed E-state index contributed by atoms with van der Waals surface area (Å²) in [5, 5.41) is 7.88. The van der Waals surface area contributed by atoms with Crippen LogP contribution < -0.4 is 15.4 Å². The number of alkyl carbamates (subject to hydrolysis) is 1. The lowest BCUT2D eigenvalue weighted by Gasteiger charge is -2.33. The van der Waals surface area contributed by atoms with Crippen LogP contribution in [0.2, 0.25) is 0 Å². The Morgan fingerprint density at radius 1 is 0.966 bits per heavy atom. The van der Waals surface area contributed by atoms with E-state index in [2.05, 4.69) is 83.5 Å². The summed E-state index contributed by atoms with van der Waals surface area (Å²) in [6, 6.07) is 13.3. The Balaban J connectivity index is 1.04. The number of aromatic amines is 2. The Bertz CT molecular complexity index is 2440. The summed E-state index contributed by atoms with van der Waals surface area (Å²) in [5.74, 6) is 2.83. The average Bonchev–Trinajstić information content (AvgIpc) is 4.06. The molecule has 5 aromatic rings. The van der Waals surface area contributed by atoms with Crippen molar-refractivity contribution in [2.75, 3.05) is 20.8 Å². The monoisotopic (exact) mass is 802 g/mol. The first-order valence-corrected chi connectivity index (χ1v) is 20.6. The van der Waals surface area contributed by atoms with E-state index in [4.69, 9.17) is 24.2 Å². The number of nitrogens with one attached hydrogen (secondary N) is 4. The summed E-state index contributed by atoms with van der Waals surface area (Å²) in [5.41, 5.74) is 6.75. The Kier molecular flexibility index (Phi) is 10.7. The Morgan fingerprint density at radius 3 is 2.53 bits per heavy atom. The summed E-state index contributed by atoms with van der Waals surface area (Å²) in [6.07, 6.45) is 4.10. The molecule has 6 atom stereocenters. The van der Waals surface area contributed by atoms with Crippen LogP contribution in [-0.4, -0.2) is 86.5 Å². The molecule has 0 spiro atoms. The summed E-state index contributed by atoms with van der Waals surface area (Å²) in [4.78, 5) is 60.4. The van der Waals surface area contributed by atoms with Gasteiger partial charge in [0.25, 0.3) is 0 Å². The topological polar surface area (TPSA) is 167 Å². The number of fused-ring (bicyclic) bond motifs is 6. The van der Waals surface area contributed by atoms with Crippen LogP contribution in [0, 0.1) is 11.8 Å². The van der Waals surface area contributed by atoms with Crippen LogP contribution in [0.4, 0.5) is 4.79 Å². The van der Waals surface area contributed by atoms with Gasteiger partial charge in [-0.15, -0.1) is 0 Å². The van der Waals surface area contributed by atoms with Crippen LogP contribution in [0.15, 0.2) is 61.1 Å². The van der Waals surface area contributed by atoms with Crippen molar-refractivity contribution in [1.82, 2.24) is 40.4 Å². The molecule has 2 aromatic heterocycles. The highest BCUT2D eigenvalue weighted by Gasteiger charge is 2.41. The number of benzene rings is 3. The van der Waals surface area contributed by atoms with Crippen LogP contribution in [0.25, 0.3) is 44.2 Å². The minimum Gasteiger partial charge on any atom is -0.488 e. The summed E-state index contributed by atoms with van der Waals surface area (Å²) in [6.45, 7) is 15.0. The minimum atomic E-state index is -0.675. The fourth-order valence-corrected chi connectivity index (χ4v) is 9.10. The highest BCUT2D eigenvalue weighted by molar-refractivity contribution is 6.07. The lowest BCUT2D eigenvalue weighted by atomic mass is 9.92. The quantitative estimate of drug-likeness (QED) is 0.0990. The molecule has 2 fully saturated rings. The van der Waals surface area contributed by atoms with Crippen LogP contribution >= 0.6 is 0 Å². The number of ether oxygens (including phenoxy) is 3. The van der Waals surface area contributed by atoms with Crippen molar-refractivity contribution in [3.05, 3.63) is 78.3 Å². The molecule has 3 aliphatic heterocycles. The zero-order valence-corrected chi connectivity index (χ0v) is 34.8. The van der Waals surface area contributed by atoms with Gasteiger partial charge in [-0.25, -0.2) is 14.8 Å². The molecule has 2 saturated heterocycles. The molecule has 5 heterocycles. The number of aromatic nitrogens is 4. The van der Waals surface area contributed by atoms with E-state index < -0.39 is 18.2 Å². The van der Waals surface area contributed by atoms with Gasteiger partial charge in [0.1, 0.15) is 36.1 Å². The van der Waals surface area contributed by atoms with Gasteiger partial charge in [0, 0.05) is 23.5 Å². The van der Waals surface area contributed by atoms with Gasteiger partial charge in [-0.1, -0.05) is 45.9 Å². The number of imidazole rings is 2. The van der Waals surface area contributed by atoms with E-state index in [9.17, 15) is 14.4 Å². The molecule has 310 valence electrons. The maximum Gasteiger partial charge on any atom is 0.407 e. The molecular weight excluding hydrogens is 749 g/mol. The number of carbonyl (C=O) groups excluding carboxylic acids is 3. The van der Waals surface area contributed by atoms with Gasteiger partial charge in [0.15, 0.2) is 5.88 Å². The van der Waals surface area contributed by atoms with Gasteiger partial charge >= 0.3 is 6.09 Å². The van der Waals surface area contributed by atoms with Gasteiger partial charge in [0.2, 0.25) is 11.8 Å². The summed E-state index contributed by atoms with van der Waals surface area (Å²) in [7, 11) is 2.84. The number of methoxy groups -OCH3 is 2. The average molecular weight is 803 g/mol. The largest absolute Gasteiger partial charge is 0.488 e. The molecule has 0 saturated carbocycles. The third-order valence-electron chi connectivity index (χ3n) is 12.3. The first kappa shape index (κ1) is 39.8. The number of carbonyl (C=O) groups is 3. The molecule has 8 rings (SSSR count).